The first-order valence-corrected chi connectivity index (χ1v) is 15.0. The second-order valence-corrected chi connectivity index (χ2v) is 11.7. The number of likely N-dealkylation sites (tertiary alicyclic amines) is 1. The maximum Gasteiger partial charge on any atom is 0.490 e. The topological polar surface area (TPSA) is 148 Å². The minimum absolute atomic E-state index is 0.00901. The molecule has 3 aliphatic heterocycles. The molecule has 3 aliphatic rings. The summed E-state index contributed by atoms with van der Waals surface area (Å²) < 4.78 is 63.9. The van der Waals surface area contributed by atoms with E-state index in [4.69, 9.17) is 19.6 Å². The van der Waals surface area contributed by atoms with E-state index in [2.05, 4.69) is 22.2 Å². The van der Waals surface area contributed by atoms with Gasteiger partial charge in [0.15, 0.2) is 11.6 Å². The van der Waals surface area contributed by atoms with E-state index in [1.54, 1.807) is 6.07 Å². The number of aliphatic hydroxyl groups is 1. The van der Waals surface area contributed by atoms with Crippen molar-refractivity contribution in [3.05, 3.63) is 86.8 Å². The molecule has 48 heavy (non-hydrogen) atoms. The molecular weight excluding hydrogens is 645 g/mol. The molecule has 16 heteroatoms. The van der Waals surface area contributed by atoms with Crippen molar-refractivity contribution in [3.63, 3.8) is 0 Å². The predicted octanol–water partition coefficient (Wildman–Crippen LogP) is 3.87. The standard InChI is InChI=1S/C30H31F2N5O4.C2HF3O2/c1-36-8-5-20(6-9-36)37-15-18-10-17-11-26(35-25(17)13-22(18)30(37)40)28-24(4-7-33-29(28)39)34-14-21(38)16-41-27-3-2-19(31)12-23(27)32;3-2(4,5)1(6)7/h2-4,7,10,12-13,20-21,38H,5-6,8-9,11,14-16H2,1H3,(H2,33,34,39);(H,6,7)/t21-;/m1./s1. The number of hydrogen-bond acceptors (Lipinski definition) is 8. The Balaban J connectivity index is 0.000000582. The van der Waals surface area contributed by atoms with Crippen LogP contribution in [-0.4, -0.2) is 94.2 Å². The number of aliphatic imine (C=N–C) groups is 1. The smallest absolute Gasteiger partial charge is 0.488 e. The first-order chi connectivity index (χ1) is 22.7. The number of rotatable bonds is 8. The zero-order chi connectivity index (χ0) is 34.7. The van der Waals surface area contributed by atoms with Crippen LogP contribution in [0, 0.1) is 11.6 Å². The number of carboxylic acids is 1. The number of fused-ring (bicyclic) bond motifs is 2. The number of anilines is 1. The molecule has 4 heterocycles. The van der Waals surface area contributed by atoms with Crippen molar-refractivity contribution >= 4 is 29.0 Å². The van der Waals surface area contributed by atoms with Crippen LogP contribution in [-0.2, 0) is 17.8 Å². The van der Waals surface area contributed by atoms with Crippen molar-refractivity contribution in [1.29, 1.82) is 0 Å². The summed E-state index contributed by atoms with van der Waals surface area (Å²) in [7, 11) is 2.10. The molecule has 0 spiro atoms. The van der Waals surface area contributed by atoms with Crippen LogP contribution in [0.5, 0.6) is 5.75 Å². The summed E-state index contributed by atoms with van der Waals surface area (Å²) in [6.07, 6.45) is -2.26. The average Bonchev–Trinajstić information content (AvgIpc) is 3.58. The van der Waals surface area contributed by atoms with Crippen LogP contribution in [0.4, 0.5) is 33.3 Å². The van der Waals surface area contributed by atoms with Gasteiger partial charge in [-0.2, -0.15) is 13.2 Å². The maximum absolute atomic E-state index is 13.8. The van der Waals surface area contributed by atoms with E-state index in [-0.39, 0.29) is 36.4 Å². The molecule has 4 N–H and O–H groups in total. The van der Waals surface area contributed by atoms with Crippen molar-refractivity contribution in [1.82, 2.24) is 14.8 Å². The van der Waals surface area contributed by atoms with Crippen molar-refractivity contribution in [2.45, 2.75) is 44.1 Å². The highest BCUT2D eigenvalue weighted by Crippen LogP contribution is 2.37. The highest BCUT2D eigenvalue weighted by Gasteiger charge is 2.38. The second kappa shape index (κ2) is 14.1. The summed E-state index contributed by atoms with van der Waals surface area (Å²) >= 11 is 0. The Morgan fingerprint density at radius 1 is 1.12 bits per heavy atom. The SMILES string of the molecule is CN1CCC(N2Cc3cc4c(cc3C2=O)N=C(c2c(NC[C@@H](O)COc3ccc(F)cc3F)cc[nH]c2=O)C4)CC1.O=C(O)C(F)(F)F. The number of ether oxygens (including phenoxy) is 1. The Morgan fingerprint density at radius 3 is 2.50 bits per heavy atom. The molecule has 0 bridgehead atoms. The summed E-state index contributed by atoms with van der Waals surface area (Å²) in [6, 6.07) is 8.74. The molecule has 1 saturated heterocycles. The number of hydrogen-bond donors (Lipinski definition) is 4. The molecule has 0 radical (unpaired) electrons. The van der Waals surface area contributed by atoms with Gasteiger partial charge < -0.3 is 35.1 Å². The fraction of sp³-hybridized carbons (Fsp3) is 0.375. The van der Waals surface area contributed by atoms with Gasteiger partial charge in [0.1, 0.15) is 18.5 Å². The first kappa shape index (κ1) is 34.5. The number of halogens is 5. The average molecular weight is 678 g/mol. The highest BCUT2D eigenvalue weighted by atomic mass is 19.4. The molecular formula is C32H32F5N5O6. The first-order valence-electron chi connectivity index (χ1n) is 15.0. The molecule has 3 aromatic rings. The van der Waals surface area contributed by atoms with Gasteiger partial charge in [-0.1, -0.05) is 6.07 Å². The van der Waals surface area contributed by atoms with Gasteiger partial charge in [0.05, 0.1) is 22.6 Å². The molecule has 256 valence electrons. The quantitative estimate of drug-likeness (QED) is 0.263. The fourth-order valence-electron chi connectivity index (χ4n) is 5.76. The number of carboxylic acid groups (broad SMARTS) is 1. The van der Waals surface area contributed by atoms with Crippen LogP contribution in [0.25, 0.3) is 0 Å². The van der Waals surface area contributed by atoms with Crippen LogP contribution in [0.2, 0.25) is 0 Å². The molecule has 0 unspecified atom stereocenters. The lowest BCUT2D eigenvalue weighted by atomic mass is 10.00. The summed E-state index contributed by atoms with van der Waals surface area (Å²) in [4.78, 5) is 46.8. The van der Waals surface area contributed by atoms with Crippen LogP contribution in [0.15, 0.2) is 52.4 Å². The predicted molar refractivity (Wildman–Crippen MR) is 164 cm³/mol. The number of aliphatic hydroxyl groups excluding tert-OH is 1. The fourth-order valence-corrected chi connectivity index (χ4v) is 5.76. The number of alkyl halides is 3. The van der Waals surface area contributed by atoms with E-state index < -0.39 is 29.9 Å². The molecule has 1 atom stereocenters. The van der Waals surface area contributed by atoms with E-state index in [1.165, 1.54) is 6.20 Å². The van der Waals surface area contributed by atoms with Crippen molar-refractivity contribution < 1.29 is 46.5 Å². The number of aromatic amines is 1. The number of carbonyl (C=O) groups excluding carboxylic acids is 1. The molecule has 1 aromatic heterocycles. The molecule has 2 aromatic carbocycles. The number of amides is 1. The van der Waals surface area contributed by atoms with Gasteiger partial charge in [-0.05, 0) is 68.4 Å². The zero-order valence-electron chi connectivity index (χ0n) is 25.6. The van der Waals surface area contributed by atoms with Gasteiger partial charge in [0.2, 0.25) is 0 Å². The number of pyridine rings is 1. The lowest BCUT2D eigenvalue weighted by Gasteiger charge is -2.34. The Morgan fingerprint density at radius 2 is 1.83 bits per heavy atom. The second-order valence-electron chi connectivity index (χ2n) is 11.7. The number of H-pyrrole nitrogens is 1. The largest absolute Gasteiger partial charge is 0.490 e. The monoisotopic (exact) mass is 677 g/mol. The van der Waals surface area contributed by atoms with Gasteiger partial charge in [0.25, 0.3) is 11.5 Å². The van der Waals surface area contributed by atoms with Crippen LogP contribution >= 0.6 is 0 Å². The Labute approximate surface area is 270 Å². The third-order valence-corrected chi connectivity index (χ3v) is 8.22. The third-order valence-electron chi connectivity index (χ3n) is 8.22. The summed E-state index contributed by atoms with van der Waals surface area (Å²) in [5, 5.41) is 20.6. The van der Waals surface area contributed by atoms with Gasteiger partial charge in [0, 0.05) is 43.4 Å². The van der Waals surface area contributed by atoms with E-state index in [9.17, 15) is 36.6 Å². The summed E-state index contributed by atoms with van der Waals surface area (Å²) in [5.41, 5.74) is 4.36. The van der Waals surface area contributed by atoms with Crippen LogP contribution in [0.3, 0.4) is 0 Å². The molecule has 6 rings (SSSR count). The van der Waals surface area contributed by atoms with E-state index in [0.29, 0.717) is 47.2 Å². The normalized spacial score (nSPS) is 16.9. The molecule has 0 aliphatic carbocycles. The third kappa shape index (κ3) is 7.82. The minimum atomic E-state index is -5.08. The maximum atomic E-state index is 13.8. The van der Waals surface area contributed by atoms with E-state index >= 15 is 0 Å². The lowest BCUT2D eigenvalue weighted by molar-refractivity contribution is -0.192. The zero-order valence-corrected chi connectivity index (χ0v) is 25.6. The molecule has 11 nitrogen and oxygen atoms in total. The summed E-state index contributed by atoms with van der Waals surface area (Å²) in [6.45, 7) is 2.32. The Hall–Kier alpha value is -4.83. The van der Waals surface area contributed by atoms with Crippen molar-refractivity contribution in [2.75, 3.05) is 38.6 Å². The van der Waals surface area contributed by atoms with Crippen molar-refractivity contribution in [3.8, 4) is 5.75 Å². The number of nitrogens with zero attached hydrogens (tertiary/aromatic N) is 3. The summed E-state index contributed by atoms with van der Waals surface area (Å²) in [5.74, 6) is -4.46. The van der Waals surface area contributed by atoms with E-state index in [0.717, 1.165) is 49.2 Å². The number of aromatic nitrogens is 1. The Kier molecular flexibility index (Phi) is 10.1. The van der Waals surface area contributed by atoms with Gasteiger partial charge in [-0.25, -0.2) is 13.6 Å². The molecule has 1 fully saturated rings. The number of benzene rings is 2. The number of nitrogens with one attached hydrogen (secondary N) is 2. The van der Waals surface area contributed by atoms with Crippen molar-refractivity contribution in [2.24, 2.45) is 4.99 Å². The molecule has 0 saturated carbocycles. The number of aliphatic carboxylic acids is 1. The highest BCUT2D eigenvalue weighted by molar-refractivity contribution is 6.10. The number of piperidine rings is 1. The van der Waals surface area contributed by atoms with E-state index in [1.807, 2.05) is 17.0 Å². The van der Waals surface area contributed by atoms with Gasteiger partial charge in [-0.3, -0.25) is 14.6 Å². The lowest BCUT2D eigenvalue weighted by Crippen LogP contribution is -2.43. The number of carbonyl (C=O) groups is 2. The minimum Gasteiger partial charge on any atom is -0.488 e. The van der Waals surface area contributed by atoms with Gasteiger partial charge >= 0.3 is 12.1 Å². The molecule has 1 amide bonds. The van der Waals surface area contributed by atoms with Crippen LogP contribution in [0.1, 0.15) is 39.9 Å². The van der Waals surface area contributed by atoms with Crippen LogP contribution < -0.4 is 15.6 Å². The Bertz CT molecular complexity index is 1790. The van der Waals surface area contributed by atoms with Gasteiger partial charge in [-0.15, -0.1) is 0 Å².